The van der Waals surface area contributed by atoms with Gasteiger partial charge in [0, 0.05) is 29.3 Å². The van der Waals surface area contributed by atoms with E-state index in [-0.39, 0.29) is 11.3 Å². The lowest BCUT2D eigenvalue weighted by molar-refractivity contribution is 0.0957. The van der Waals surface area contributed by atoms with E-state index in [4.69, 9.17) is 9.26 Å². The number of aromatic nitrogens is 1. The third-order valence-corrected chi connectivity index (χ3v) is 3.71. The number of para-hydroxylation sites is 1. The minimum Gasteiger partial charge on any atom is -0.375 e. The fraction of sp³-hybridized carbons (Fsp3) is 0.412. The maximum absolute atomic E-state index is 12.8. The van der Waals surface area contributed by atoms with Crippen LogP contribution in [-0.2, 0) is 16.8 Å². The summed E-state index contributed by atoms with van der Waals surface area (Å²) in [6, 6.07) is 9.52. The minimum absolute atomic E-state index is 0.155. The zero-order valence-electron chi connectivity index (χ0n) is 13.1. The Bertz CT molecular complexity index is 685. The third kappa shape index (κ3) is 2.76. The highest BCUT2D eigenvalue weighted by atomic mass is 16.5. The second-order valence-corrected chi connectivity index (χ2v) is 6.46. The SMILES string of the molecule is CC(C)(C)c1cc(C(=O)N2CCOCc3ccccc32)no1. The standard InChI is InChI=1S/C17H20N2O3/c1-17(2,3)15-10-13(18-22-15)16(20)19-8-9-21-11-12-6-4-5-7-14(12)19/h4-7,10H,8-9,11H2,1-3H3. The molecular weight excluding hydrogens is 280 g/mol. The van der Waals surface area contributed by atoms with Gasteiger partial charge >= 0.3 is 0 Å². The summed E-state index contributed by atoms with van der Waals surface area (Å²) in [4.78, 5) is 14.5. The molecule has 0 saturated heterocycles. The summed E-state index contributed by atoms with van der Waals surface area (Å²) in [5.41, 5.74) is 2.05. The number of hydrogen-bond acceptors (Lipinski definition) is 4. The summed E-state index contributed by atoms with van der Waals surface area (Å²) in [5.74, 6) is 0.549. The zero-order chi connectivity index (χ0) is 15.7. The van der Waals surface area contributed by atoms with Gasteiger partial charge in [0.25, 0.3) is 5.91 Å². The van der Waals surface area contributed by atoms with Crippen molar-refractivity contribution in [2.45, 2.75) is 32.8 Å². The van der Waals surface area contributed by atoms with Gasteiger partial charge in [-0.15, -0.1) is 0 Å². The van der Waals surface area contributed by atoms with Gasteiger partial charge in [-0.2, -0.15) is 0 Å². The van der Waals surface area contributed by atoms with Crippen molar-refractivity contribution >= 4 is 11.6 Å². The van der Waals surface area contributed by atoms with Crippen molar-refractivity contribution < 1.29 is 14.1 Å². The second-order valence-electron chi connectivity index (χ2n) is 6.46. The molecule has 1 amide bonds. The van der Waals surface area contributed by atoms with Crippen molar-refractivity contribution in [3.05, 3.63) is 47.3 Å². The van der Waals surface area contributed by atoms with E-state index in [0.717, 1.165) is 11.3 Å². The van der Waals surface area contributed by atoms with Crippen molar-refractivity contribution in [1.82, 2.24) is 5.16 Å². The van der Waals surface area contributed by atoms with Crippen LogP contribution in [0.25, 0.3) is 0 Å². The normalized spacial score (nSPS) is 15.3. The molecule has 1 aliphatic rings. The van der Waals surface area contributed by atoms with E-state index >= 15 is 0 Å². The smallest absolute Gasteiger partial charge is 0.280 e. The van der Waals surface area contributed by atoms with Crippen molar-refractivity contribution in [1.29, 1.82) is 0 Å². The van der Waals surface area contributed by atoms with Gasteiger partial charge in [-0.3, -0.25) is 4.79 Å². The number of carbonyl (C=O) groups excluding carboxylic acids is 1. The Morgan fingerprint density at radius 2 is 2.05 bits per heavy atom. The molecule has 5 nitrogen and oxygen atoms in total. The third-order valence-electron chi connectivity index (χ3n) is 3.71. The maximum atomic E-state index is 12.8. The first-order valence-corrected chi connectivity index (χ1v) is 7.41. The Morgan fingerprint density at radius 3 is 2.77 bits per heavy atom. The van der Waals surface area contributed by atoms with Crippen molar-refractivity contribution in [3.8, 4) is 0 Å². The lowest BCUT2D eigenvalue weighted by Gasteiger charge is -2.20. The predicted molar refractivity (Wildman–Crippen MR) is 83.0 cm³/mol. The van der Waals surface area contributed by atoms with Crippen LogP contribution in [0.3, 0.4) is 0 Å². The van der Waals surface area contributed by atoms with Crippen LogP contribution in [0.15, 0.2) is 34.9 Å². The number of nitrogens with zero attached hydrogens (tertiary/aromatic N) is 2. The average molecular weight is 300 g/mol. The van der Waals surface area contributed by atoms with E-state index in [9.17, 15) is 4.79 Å². The fourth-order valence-electron chi connectivity index (χ4n) is 2.43. The highest BCUT2D eigenvalue weighted by molar-refractivity contribution is 6.05. The molecule has 0 unspecified atom stereocenters. The van der Waals surface area contributed by atoms with Crippen LogP contribution >= 0.6 is 0 Å². The predicted octanol–water partition coefficient (Wildman–Crippen LogP) is 3.15. The van der Waals surface area contributed by atoms with Crippen molar-refractivity contribution in [3.63, 3.8) is 0 Å². The maximum Gasteiger partial charge on any atom is 0.280 e. The van der Waals surface area contributed by atoms with Gasteiger partial charge < -0.3 is 14.2 Å². The number of fused-ring (bicyclic) bond motifs is 1. The van der Waals surface area contributed by atoms with E-state index < -0.39 is 0 Å². The summed E-state index contributed by atoms with van der Waals surface area (Å²) >= 11 is 0. The van der Waals surface area contributed by atoms with Crippen LogP contribution in [0.4, 0.5) is 5.69 Å². The van der Waals surface area contributed by atoms with Crippen LogP contribution in [0.1, 0.15) is 42.6 Å². The van der Waals surface area contributed by atoms with Crippen LogP contribution < -0.4 is 4.90 Å². The molecule has 0 saturated carbocycles. The Labute approximate surface area is 129 Å². The van der Waals surface area contributed by atoms with Gasteiger partial charge in [-0.05, 0) is 6.07 Å². The molecule has 0 aliphatic carbocycles. The van der Waals surface area contributed by atoms with Gasteiger partial charge in [0.15, 0.2) is 5.69 Å². The average Bonchev–Trinajstić information content (AvgIpc) is 2.88. The molecule has 5 heteroatoms. The van der Waals surface area contributed by atoms with Crippen LogP contribution in [0, 0.1) is 0 Å². The molecular formula is C17H20N2O3. The van der Waals surface area contributed by atoms with E-state index in [1.165, 1.54) is 0 Å². The lowest BCUT2D eigenvalue weighted by atomic mass is 9.93. The first-order valence-electron chi connectivity index (χ1n) is 7.41. The minimum atomic E-state index is -0.175. The van der Waals surface area contributed by atoms with Crippen LogP contribution in [0.5, 0.6) is 0 Å². The molecule has 0 radical (unpaired) electrons. The molecule has 2 aromatic rings. The monoisotopic (exact) mass is 300 g/mol. The van der Waals surface area contributed by atoms with Crippen molar-refractivity contribution in [2.75, 3.05) is 18.1 Å². The Hall–Kier alpha value is -2.14. The van der Waals surface area contributed by atoms with Crippen LogP contribution in [-0.4, -0.2) is 24.2 Å². The molecule has 116 valence electrons. The van der Waals surface area contributed by atoms with Gasteiger partial charge in [-0.25, -0.2) is 0 Å². The number of hydrogen-bond donors (Lipinski definition) is 0. The molecule has 2 heterocycles. The molecule has 0 bridgehead atoms. The fourth-order valence-corrected chi connectivity index (χ4v) is 2.43. The number of rotatable bonds is 1. The molecule has 0 atom stereocenters. The highest BCUT2D eigenvalue weighted by Crippen LogP contribution is 2.27. The van der Waals surface area contributed by atoms with E-state index in [2.05, 4.69) is 5.16 Å². The van der Waals surface area contributed by atoms with E-state index in [0.29, 0.717) is 31.2 Å². The topological polar surface area (TPSA) is 55.6 Å². The first kappa shape index (κ1) is 14.8. The molecule has 0 N–H and O–H groups in total. The first-order chi connectivity index (χ1) is 10.5. The molecule has 0 fully saturated rings. The van der Waals surface area contributed by atoms with Gasteiger partial charge in [-0.1, -0.05) is 44.1 Å². The molecule has 22 heavy (non-hydrogen) atoms. The number of ether oxygens (including phenoxy) is 1. The number of amides is 1. The Kier molecular flexibility index (Phi) is 3.74. The summed E-state index contributed by atoms with van der Waals surface area (Å²) < 4.78 is 10.9. The Morgan fingerprint density at radius 1 is 1.27 bits per heavy atom. The summed E-state index contributed by atoms with van der Waals surface area (Å²) in [7, 11) is 0. The molecule has 1 aliphatic heterocycles. The van der Waals surface area contributed by atoms with Gasteiger partial charge in [0.2, 0.25) is 0 Å². The zero-order valence-corrected chi connectivity index (χ0v) is 13.1. The molecule has 0 spiro atoms. The van der Waals surface area contributed by atoms with Gasteiger partial charge in [0.05, 0.1) is 13.2 Å². The number of anilines is 1. The molecule has 1 aromatic heterocycles. The summed E-state index contributed by atoms with van der Waals surface area (Å²) in [6.07, 6.45) is 0. The molecule has 1 aromatic carbocycles. The van der Waals surface area contributed by atoms with Crippen LogP contribution in [0.2, 0.25) is 0 Å². The quantitative estimate of drug-likeness (QED) is 0.812. The number of carbonyl (C=O) groups is 1. The largest absolute Gasteiger partial charge is 0.375 e. The highest BCUT2D eigenvalue weighted by Gasteiger charge is 2.27. The number of benzene rings is 1. The lowest BCUT2D eigenvalue weighted by Crippen LogP contribution is -2.33. The van der Waals surface area contributed by atoms with E-state index in [1.807, 2.05) is 45.0 Å². The van der Waals surface area contributed by atoms with Gasteiger partial charge in [0.1, 0.15) is 5.76 Å². The van der Waals surface area contributed by atoms with Crippen molar-refractivity contribution in [2.24, 2.45) is 0 Å². The van der Waals surface area contributed by atoms with E-state index in [1.54, 1.807) is 11.0 Å². The summed E-state index contributed by atoms with van der Waals surface area (Å²) in [6.45, 7) is 7.61. The second kappa shape index (κ2) is 5.57. The Balaban J connectivity index is 1.93. The summed E-state index contributed by atoms with van der Waals surface area (Å²) in [5, 5.41) is 3.95. The molecule has 3 rings (SSSR count).